The van der Waals surface area contributed by atoms with Crippen LogP contribution in [0.4, 0.5) is 0 Å². The van der Waals surface area contributed by atoms with Crippen LogP contribution in [0.1, 0.15) is 5.56 Å². The summed E-state index contributed by atoms with van der Waals surface area (Å²) in [6, 6.07) is 11.0. The molecule has 2 N–H and O–H groups in total. The molecule has 5 nitrogen and oxygen atoms in total. The fourth-order valence-corrected chi connectivity index (χ4v) is 4.15. The third kappa shape index (κ3) is 3.39. The molecule has 0 bridgehead atoms. The zero-order valence-corrected chi connectivity index (χ0v) is 15.8. The molecular formula is C18H14Cl2N4OS. The Morgan fingerprint density at radius 2 is 1.92 bits per heavy atom. The Balaban J connectivity index is 1.72. The summed E-state index contributed by atoms with van der Waals surface area (Å²) in [5.74, 6) is 0. The maximum absolute atomic E-state index is 10.5. The molecule has 1 aromatic carbocycles. The molecule has 2 aliphatic heterocycles. The summed E-state index contributed by atoms with van der Waals surface area (Å²) in [7, 11) is 0. The number of fused-ring (bicyclic) bond motifs is 1. The molecule has 1 aromatic heterocycles. The van der Waals surface area contributed by atoms with E-state index in [0.29, 0.717) is 27.9 Å². The van der Waals surface area contributed by atoms with Crippen molar-refractivity contribution in [2.45, 2.75) is 11.3 Å². The number of hydrogen-bond acceptors (Lipinski definition) is 6. The number of nitrogens with one attached hydrogen (secondary N) is 1. The third-order valence-corrected chi connectivity index (χ3v) is 5.45. The molecule has 0 spiro atoms. The van der Waals surface area contributed by atoms with Crippen molar-refractivity contribution in [1.82, 2.24) is 15.3 Å². The number of nitrogens with zero attached hydrogens (tertiary/aromatic N) is 3. The van der Waals surface area contributed by atoms with Gasteiger partial charge in [-0.3, -0.25) is 5.32 Å². The van der Waals surface area contributed by atoms with Gasteiger partial charge in [-0.15, -0.1) is 0 Å². The van der Waals surface area contributed by atoms with Gasteiger partial charge in [0.2, 0.25) is 0 Å². The topological polar surface area (TPSA) is 60.8 Å². The van der Waals surface area contributed by atoms with Crippen molar-refractivity contribution in [3.8, 4) is 0 Å². The van der Waals surface area contributed by atoms with Crippen LogP contribution >= 0.6 is 35.0 Å². The minimum Gasteiger partial charge on any atom is -0.374 e. The Morgan fingerprint density at radius 3 is 2.65 bits per heavy atom. The number of hydrogen-bond donors (Lipinski definition) is 2. The lowest BCUT2D eigenvalue weighted by Gasteiger charge is -2.35. The Labute approximate surface area is 165 Å². The van der Waals surface area contributed by atoms with Crippen LogP contribution in [0, 0.1) is 0 Å². The summed E-state index contributed by atoms with van der Waals surface area (Å²) in [5.41, 5.74) is 1.97. The number of allylic oxidation sites excluding steroid dienone is 1. The molecular weight excluding hydrogens is 391 g/mol. The van der Waals surface area contributed by atoms with Gasteiger partial charge in [-0.1, -0.05) is 35.3 Å². The van der Waals surface area contributed by atoms with Crippen molar-refractivity contribution >= 4 is 45.6 Å². The van der Waals surface area contributed by atoms with Crippen LogP contribution in [0.3, 0.4) is 0 Å². The Bertz CT molecular complexity index is 910. The van der Waals surface area contributed by atoms with E-state index in [1.807, 2.05) is 30.4 Å². The van der Waals surface area contributed by atoms with E-state index >= 15 is 0 Å². The third-order valence-electron chi connectivity index (χ3n) is 3.94. The predicted octanol–water partition coefficient (Wildman–Crippen LogP) is 3.96. The monoisotopic (exact) mass is 404 g/mol. The average Bonchev–Trinajstić information content (AvgIpc) is 2.64. The maximum Gasteiger partial charge on any atom is 0.135 e. The van der Waals surface area contributed by atoms with E-state index in [4.69, 9.17) is 23.2 Å². The molecule has 0 saturated carbocycles. The van der Waals surface area contributed by atoms with Crippen LogP contribution in [-0.2, 0) is 0 Å². The van der Waals surface area contributed by atoms with Crippen molar-refractivity contribution in [2.24, 2.45) is 5.10 Å². The van der Waals surface area contributed by atoms with Gasteiger partial charge in [0, 0.05) is 27.4 Å². The number of aliphatic hydroxyl groups is 1. The normalized spacial score (nSPS) is 19.4. The summed E-state index contributed by atoms with van der Waals surface area (Å²) in [6.07, 6.45) is 4.67. The highest BCUT2D eigenvalue weighted by Crippen LogP contribution is 2.38. The molecule has 1 atom stereocenters. The molecule has 0 amide bonds. The highest BCUT2D eigenvalue weighted by molar-refractivity contribution is 8.14. The van der Waals surface area contributed by atoms with Gasteiger partial charge in [0.25, 0.3) is 0 Å². The number of hydrazone groups is 1. The van der Waals surface area contributed by atoms with Gasteiger partial charge in [0.1, 0.15) is 16.3 Å². The van der Waals surface area contributed by atoms with Crippen LogP contribution in [0.5, 0.6) is 0 Å². The minimum atomic E-state index is -0.886. The summed E-state index contributed by atoms with van der Waals surface area (Å²) in [5, 5.41) is 22.6. The predicted molar refractivity (Wildman–Crippen MR) is 106 cm³/mol. The van der Waals surface area contributed by atoms with Gasteiger partial charge < -0.3 is 5.11 Å². The Hall–Kier alpha value is -1.83. The van der Waals surface area contributed by atoms with Gasteiger partial charge >= 0.3 is 0 Å². The van der Waals surface area contributed by atoms with Gasteiger partial charge in [-0.05, 0) is 48.2 Å². The number of aromatic nitrogens is 1. The van der Waals surface area contributed by atoms with Crippen molar-refractivity contribution in [3.05, 3.63) is 76.1 Å². The highest BCUT2D eigenvalue weighted by Gasteiger charge is 2.30. The van der Waals surface area contributed by atoms with E-state index in [0.717, 1.165) is 15.8 Å². The lowest BCUT2D eigenvalue weighted by molar-refractivity contribution is 0.150. The molecule has 2 aliphatic rings. The zero-order valence-electron chi connectivity index (χ0n) is 13.4. The van der Waals surface area contributed by atoms with Crippen molar-refractivity contribution < 1.29 is 5.11 Å². The number of pyridine rings is 1. The minimum absolute atomic E-state index is 0.374. The van der Waals surface area contributed by atoms with Gasteiger partial charge in [0.05, 0.1) is 12.4 Å². The second kappa shape index (κ2) is 7.42. The number of thioether (sulfide) groups is 1. The molecule has 4 rings (SSSR count). The summed E-state index contributed by atoms with van der Waals surface area (Å²) < 4.78 is 0. The molecule has 3 heterocycles. The van der Waals surface area contributed by atoms with Crippen molar-refractivity contribution in [1.29, 1.82) is 0 Å². The first-order valence-electron chi connectivity index (χ1n) is 7.86. The van der Waals surface area contributed by atoms with Gasteiger partial charge in [-0.25, -0.2) is 9.99 Å². The maximum atomic E-state index is 10.5. The van der Waals surface area contributed by atoms with Crippen LogP contribution < -0.4 is 5.32 Å². The summed E-state index contributed by atoms with van der Waals surface area (Å²) in [6.45, 7) is 0.374. The van der Waals surface area contributed by atoms with E-state index < -0.39 is 6.23 Å². The molecule has 2 aromatic rings. The second-order valence-corrected chi connectivity index (χ2v) is 7.46. The highest BCUT2D eigenvalue weighted by atomic mass is 35.5. The first-order valence-corrected chi connectivity index (χ1v) is 9.44. The number of benzene rings is 1. The standard InChI is InChI=1S/C18H14Cl2N4OS/c19-11-4-3-5-12(20)16(11)17-13-7-8-15(23-24(13)10-22-18(17)25)26-14-6-1-2-9-21-14/h1-9,18,22,25H,10H2. The van der Waals surface area contributed by atoms with Crippen LogP contribution in [-0.4, -0.2) is 33.0 Å². The quantitative estimate of drug-likeness (QED) is 0.792. The fraction of sp³-hybridized carbons (Fsp3) is 0.111. The zero-order chi connectivity index (χ0) is 18.1. The molecule has 132 valence electrons. The molecule has 1 unspecified atom stereocenters. The largest absolute Gasteiger partial charge is 0.374 e. The van der Waals surface area contributed by atoms with Gasteiger partial charge in [0.15, 0.2) is 0 Å². The molecule has 0 saturated heterocycles. The lowest BCUT2D eigenvalue weighted by atomic mass is 9.99. The van der Waals surface area contributed by atoms with E-state index in [1.165, 1.54) is 11.8 Å². The van der Waals surface area contributed by atoms with Crippen molar-refractivity contribution in [2.75, 3.05) is 6.67 Å². The number of aliphatic hydroxyl groups excluding tert-OH is 1. The second-order valence-electron chi connectivity index (χ2n) is 5.60. The van der Waals surface area contributed by atoms with Crippen LogP contribution in [0.25, 0.3) is 5.57 Å². The van der Waals surface area contributed by atoms with Gasteiger partial charge in [-0.2, -0.15) is 5.10 Å². The van der Waals surface area contributed by atoms with Crippen LogP contribution in [0.15, 0.2) is 70.6 Å². The first kappa shape index (κ1) is 17.6. The molecule has 0 aliphatic carbocycles. The van der Waals surface area contributed by atoms with Crippen molar-refractivity contribution in [3.63, 3.8) is 0 Å². The number of halogens is 2. The smallest absolute Gasteiger partial charge is 0.135 e. The molecule has 26 heavy (non-hydrogen) atoms. The fourth-order valence-electron chi connectivity index (χ4n) is 2.80. The SMILES string of the molecule is OC1NCN2N=C(Sc3ccccn3)C=CC2=C1c1c(Cl)cccc1Cl. The molecule has 8 heteroatoms. The van der Waals surface area contributed by atoms with E-state index in [1.54, 1.807) is 29.4 Å². The Kier molecular flexibility index (Phi) is 5.02. The Morgan fingerprint density at radius 1 is 1.12 bits per heavy atom. The van der Waals surface area contributed by atoms with Crippen LogP contribution in [0.2, 0.25) is 10.0 Å². The molecule has 0 fully saturated rings. The number of rotatable bonds is 2. The summed E-state index contributed by atoms with van der Waals surface area (Å²) in [4.78, 5) is 4.30. The first-order chi connectivity index (χ1) is 12.6. The van der Waals surface area contributed by atoms with E-state index in [2.05, 4.69) is 15.4 Å². The summed E-state index contributed by atoms with van der Waals surface area (Å²) >= 11 is 14.2. The average molecular weight is 405 g/mol. The molecule has 0 radical (unpaired) electrons. The van der Waals surface area contributed by atoms with E-state index in [-0.39, 0.29) is 0 Å². The van der Waals surface area contributed by atoms with E-state index in [9.17, 15) is 5.11 Å². The lowest BCUT2D eigenvalue weighted by Crippen LogP contribution is -2.44.